The molecule has 3 heteroatoms. The van der Waals surface area contributed by atoms with Crippen LogP contribution in [0.2, 0.25) is 0 Å². The van der Waals surface area contributed by atoms with Gasteiger partial charge in [-0.2, -0.15) is 0 Å². The van der Waals surface area contributed by atoms with Crippen molar-refractivity contribution >= 4 is 0 Å². The highest BCUT2D eigenvalue weighted by atomic mass is 16.5. The Hall–Kier alpha value is -0.120. The standard InChI is InChI=1S/C17H34N2O/c1-15(2)6-5-9-18-12-13-20-17(14-18)7-10-19(11-8-17)16(3)4/h15-16H,5-14H2,1-4H3. The molecule has 2 fully saturated rings. The highest BCUT2D eigenvalue weighted by molar-refractivity contribution is 4.93. The third-order valence-electron chi connectivity index (χ3n) is 5.02. The normalized spacial score (nSPS) is 24.9. The first-order valence-corrected chi connectivity index (χ1v) is 8.61. The molecule has 3 nitrogen and oxygen atoms in total. The summed E-state index contributed by atoms with van der Waals surface area (Å²) in [6, 6.07) is 0.679. The van der Waals surface area contributed by atoms with E-state index in [4.69, 9.17) is 4.74 Å². The minimum atomic E-state index is 0.168. The minimum Gasteiger partial charge on any atom is -0.372 e. The van der Waals surface area contributed by atoms with Crippen LogP contribution in [0.5, 0.6) is 0 Å². The fourth-order valence-electron chi connectivity index (χ4n) is 3.59. The van der Waals surface area contributed by atoms with Crippen molar-refractivity contribution in [3.8, 4) is 0 Å². The first kappa shape index (κ1) is 16.3. The van der Waals surface area contributed by atoms with Crippen molar-refractivity contribution in [3.05, 3.63) is 0 Å². The van der Waals surface area contributed by atoms with Crippen LogP contribution in [0.25, 0.3) is 0 Å². The highest BCUT2D eigenvalue weighted by Gasteiger charge is 2.39. The summed E-state index contributed by atoms with van der Waals surface area (Å²) in [4.78, 5) is 5.24. The Balaban J connectivity index is 1.78. The quantitative estimate of drug-likeness (QED) is 0.771. The van der Waals surface area contributed by atoms with Crippen LogP contribution in [0.4, 0.5) is 0 Å². The van der Waals surface area contributed by atoms with Gasteiger partial charge in [0.1, 0.15) is 0 Å². The van der Waals surface area contributed by atoms with Crippen LogP contribution < -0.4 is 0 Å². The Morgan fingerprint density at radius 3 is 2.35 bits per heavy atom. The number of likely N-dealkylation sites (tertiary alicyclic amines) is 1. The number of nitrogens with zero attached hydrogens (tertiary/aromatic N) is 2. The molecule has 0 aromatic rings. The van der Waals surface area contributed by atoms with E-state index in [1.165, 1.54) is 45.3 Å². The van der Waals surface area contributed by atoms with Gasteiger partial charge in [0.05, 0.1) is 12.2 Å². The zero-order chi connectivity index (χ0) is 14.6. The molecule has 0 radical (unpaired) electrons. The molecule has 1 spiro atoms. The number of hydrogen-bond donors (Lipinski definition) is 0. The molecule has 0 bridgehead atoms. The number of hydrogen-bond acceptors (Lipinski definition) is 3. The van der Waals surface area contributed by atoms with E-state index in [9.17, 15) is 0 Å². The predicted molar refractivity (Wildman–Crippen MR) is 85.1 cm³/mol. The van der Waals surface area contributed by atoms with Gasteiger partial charge in [-0.25, -0.2) is 0 Å². The van der Waals surface area contributed by atoms with Crippen molar-refractivity contribution in [1.29, 1.82) is 0 Å². The lowest BCUT2D eigenvalue weighted by Gasteiger charge is -2.48. The minimum absolute atomic E-state index is 0.168. The fourth-order valence-corrected chi connectivity index (χ4v) is 3.59. The van der Waals surface area contributed by atoms with Gasteiger partial charge in [-0.15, -0.1) is 0 Å². The molecule has 0 aromatic heterocycles. The van der Waals surface area contributed by atoms with E-state index in [1.54, 1.807) is 0 Å². The Kier molecular flexibility index (Phi) is 5.88. The molecule has 0 aliphatic carbocycles. The van der Waals surface area contributed by atoms with E-state index in [0.717, 1.165) is 25.6 Å². The van der Waals surface area contributed by atoms with Gasteiger partial charge in [0.25, 0.3) is 0 Å². The third-order valence-corrected chi connectivity index (χ3v) is 5.02. The average Bonchev–Trinajstić information content (AvgIpc) is 2.39. The molecular formula is C17H34N2O. The highest BCUT2D eigenvalue weighted by Crippen LogP contribution is 2.31. The second-order valence-electron chi connectivity index (χ2n) is 7.47. The van der Waals surface area contributed by atoms with Gasteiger partial charge in [-0.3, -0.25) is 4.90 Å². The van der Waals surface area contributed by atoms with Gasteiger partial charge in [-0.05, 0) is 52.0 Å². The Morgan fingerprint density at radius 2 is 1.75 bits per heavy atom. The summed E-state index contributed by atoms with van der Waals surface area (Å²) in [5.41, 5.74) is 0.168. The molecule has 2 rings (SSSR count). The van der Waals surface area contributed by atoms with Gasteiger partial charge in [0, 0.05) is 32.2 Å². The van der Waals surface area contributed by atoms with E-state index in [2.05, 4.69) is 37.5 Å². The molecule has 2 aliphatic heterocycles. The van der Waals surface area contributed by atoms with Gasteiger partial charge in [-0.1, -0.05) is 13.8 Å². The van der Waals surface area contributed by atoms with Crippen LogP contribution in [0.15, 0.2) is 0 Å². The first-order chi connectivity index (χ1) is 9.51. The maximum absolute atomic E-state index is 6.22. The lowest BCUT2D eigenvalue weighted by Crippen LogP contribution is -2.57. The van der Waals surface area contributed by atoms with Crippen molar-refractivity contribution in [2.24, 2.45) is 5.92 Å². The molecule has 0 amide bonds. The van der Waals surface area contributed by atoms with Crippen LogP contribution in [0, 0.1) is 5.92 Å². The largest absolute Gasteiger partial charge is 0.372 e. The topological polar surface area (TPSA) is 15.7 Å². The summed E-state index contributed by atoms with van der Waals surface area (Å²) in [5.74, 6) is 0.833. The lowest BCUT2D eigenvalue weighted by atomic mass is 9.88. The summed E-state index contributed by atoms with van der Waals surface area (Å²) in [7, 11) is 0. The second-order valence-corrected chi connectivity index (χ2v) is 7.47. The first-order valence-electron chi connectivity index (χ1n) is 8.61. The molecule has 118 valence electrons. The van der Waals surface area contributed by atoms with Crippen molar-refractivity contribution in [1.82, 2.24) is 9.80 Å². The zero-order valence-corrected chi connectivity index (χ0v) is 14.0. The van der Waals surface area contributed by atoms with E-state index < -0.39 is 0 Å². The van der Waals surface area contributed by atoms with E-state index >= 15 is 0 Å². The Bertz CT molecular complexity index is 283. The second kappa shape index (κ2) is 7.24. The summed E-state index contributed by atoms with van der Waals surface area (Å²) < 4.78 is 6.22. The molecule has 0 atom stereocenters. The fraction of sp³-hybridized carbons (Fsp3) is 1.00. The van der Waals surface area contributed by atoms with Gasteiger partial charge in [0.15, 0.2) is 0 Å². The summed E-state index contributed by atoms with van der Waals surface area (Å²) in [6.45, 7) is 16.2. The van der Waals surface area contributed by atoms with Crippen molar-refractivity contribution in [3.63, 3.8) is 0 Å². The van der Waals surface area contributed by atoms with Crippen molar-refractivity contribution in [2.45, 2.75) is 65.0 Å². The number of morpholine rings is 1. The Labute approximate surface area is 125 Å². The van der Waals surface area contributed by atoms with Gasteiger partial charge in [0.2, 0.25) is 0 Å². The average molecular weight is 282 g/mol. The maximum atomic E-state index is 6.22. The molecule has 0 unspecified atom stereocenters. The van der Waals surface area contributed by atoms with Crippen LogP contribution >= 0.6 is 0 Å². The SMILES string of the molecule is CC(C)CCCN1CCOC2(CCN(C(C)C)CC2)C1. The molecule has 2 saturated heterocycles. The van der Waals surface area contributed by atoms with Crippen LogP contribution in [0.1, 0.15) is 53.4 Å². The van der Waals surface area contributed by atoms with Crippen LogP contribution in [-0.4, -0.2) is 60.8 Å². The molecule has 2 heterocycles. The lowest BCUT2D eigenvalue weighted by molar-refractivity contribution is -0.138. The van der Waals surface area contributed by atoms with E-state index in [0.29, 0.717) is 6.04 Å². The summed E-state index contributed by atoms with van der Waals surface area (Å²) in [5, 5.41) is 0. The van der Waals surface area contributed by atoms with Crippen molar-refractivity contribution in [2.75, 3.05) is 39.3 Å². The van der Waals surface area contributed by atoms with Gasteiger partial charge >= 0.3 is 0 Å². The summed E-state index contributed by atoms with van der Waals surface area (Å²) in [6.07, 6.45) is 5.12. The molecule has 20 heavy (non-hydrogen) atoms. The van der Waals surface area contributed by atoms with Crippen LogP contribution in [-0.2, 0) is 4.74 Å². The monoisotopic (exact) mass is 282 g/mol. The van der Waals surface area contributed by atoms with Crippen LogP contribution in [0.3, 0.4) is 0 Å². The number of rotatable bonds is 5. The van der Waals surface area contributed by atoms with E-state index in [1.807, 2.05) is 0 Å². The zero-order valence-electron chi connectivity index (χ0n) is 14.0. The van der Waals surface area contributed by atoms with E-state index in [-0.39, 0.29) is 5.60 Å². The smallest absolute Gasteiger partial charge is 0.0833 e. The number of piperidine rings is 1. The molecule has 2 aliphatic rings. The molecule has 0 saturated carbocycles. The number of ether oxygens (including phenoxy) is 1. The molecular weight excluding hydrogens is 248 g/mol. The van der Waals surface area contributed by atoms with Crippen molar-refractivity contribution < 1.29 is 4.74 Å². The molecule has 0 aromatic carbocycles. The Morgan fingerprint density at radius 1 is 1.05 bits per heavy atom. The predicted octanol–water partition coefficient (Wildman–Crippen LogP) is 3.00. The third kappa shape index (κ3) is 4.44. The van der Waals surface area contributed by atoms with Gasteiger partial charge < -0.3 is 9.64 Å². The molecule has 0 N–H and O–H groups in total. The maximum Gasteiger partial charge on any atom is 0.0833 e. The summed E-state index contributed by atoms with van der Waals surface area (Å²) >= 11 is 0.